The number of carbonyl (C=O) groups is 2. The summed E-state index contributed by atoms with van der Waals surface area (Å²) in [5.74, 6) is 0.896. The molecule has 50 heavy (non-hydrogen) atoms. The van der Waals surface area contributed by atoms with Crippen molar-refractivity contribution in [3.63, 3.8) is 0 Å². The van der Waals surface area contributed by atoms with Crippen LogP contribution < -0.4 is 9.64 Å². The van der Waals surface area contributed by atoms with Gasteiger partial charge in [-0.2, -0.15) is 0 Å². The largest absolute Gasteiger partial charge is 0.465 e. The van der Waals surface area contributed by atoms with Gasteiger partial charge in [-0.1, -0.05) is 0 Å². The first-order valence-corrected chi connectivity index (χ1v) is 19.3. The number of ether oxygens (including phenoxy) is 1. The van der Waals surface area contributed by atoms with Gasteiger partial charge in [-0.15, -0.1) is 0 Å². The van der Waals surface area contributed by atoms with Crippen molar-refractivity contribution in [3.05, 3.63) is 42.1 Å². The fourth-order valence-corrected chi connectivity index (χ4v) is 10.3. The van der Waals surface area contributed by atoms with Gasteiger partial charge in [-0.25, -0.2) is 31.9 Å². The average Bonchev–Trinajstić information content (AvgIpc) is 3.53. The molecule has 4 saturated heterocycles. The van der Waals surface area contributed by atoms with Crippen LogP contribution in [0.4, 0.5) is 15.0 Å². The molecular weight excluding hydrogens is 665 g/mol. The van der Waals surface area contributed by atoms with Crippen molar-refractivity contribution in [1.29, 1.82) is 0 Å². The van der Waals surface area contributed by atoms with E-state index in [0.29, 0.717) is 43.4 Å². The van der Waals surface area contributed by atoms with Crippen molar-refractivity contribution < 1.29 is 32.2 Å². The van der Waals surface area contributed by atoms with Gasteiger partial charge >= 0.3 is 6.09 Å². The summed E-state index contributed by atoms with van der Waals surface area (Å²) in [6.07, 6.45) is 5.46. The van der Waals surface area contributed by atoms with Crippen LogP contribution in [0.25, 0.3) is 0 Å². The number of halogens is 1. The predicted molar refractivity (Wildman–Crippen MR) is 186 cm³/mol. The number of amides is 2. The first-order valence-electron chi connectivity index (χ1n) is 17.8. The Hall–Kier alpha value is -3.56. The summed E-state index contributed by atoms with van der Waals surface area (Å²) in [6.45, 7) is 13.7. The zero-order valence-electron chi connectivity index (χ0n) is 29.5. The number of hydrogen-bond donors (Lipinski definition) is 1. The Morgan fingerprint density at radius 3 is 2.34 bits per heavy atom. The number of sulfonamides is 1. The van der Waals surface area contributed by atoms with Crippen LogP contribution in [0.5, 0.6) is 11.5 Å². The minimum atomic E-state index is -3.44. The molecule has 13 nitrogen and oxygen atoms in total. The van der Waals surface area contributed by atoms with E-state index < -0.39 is 27.2 Å². The van der Waals surface area contributed by atoms with Crippen LogP contribution in [0.3, 0.4) is 0 Å². The molecular formula is C35H50FN7O6S. The first kappa shape index (κ1) is 36.2. The molecule has 2 aromatic rings. The fourth-order valence-electron chi connectivity index (χ4n) is 8.36. The molecule has 0 bridgehead atoms. The zero-order valence-corrected chi connectivity index (χ0v) is 30.3. The molecule has 1 aromatic heterocycles. The third kappa shape index (κ3) is 7.54. The lowest BCUT2D eigenvalue weighted by atomic mass is 9.72. The molecule has 0 saturated carbocycles. The van der Waals surface area contributed by atoms with Gasteiger partial charge in [0.15, 0.2) is 11.6 Å². The Balaban J connectivity index is 1.02. The zero-order chi connectivity index (χ0) is 35.8. The molecule has 274 valence electrons. The Morgan fingerprint density at radius 1 is 1.02 bits per heavy atom. The van der Waals surface area contributed by atoms with Crippen molar-refractivity contribution in [1.82, 2.24) is 29.0 Å². The monoisotopic (exact) mass is 715 g/mol. The second kappa shape index (κ2) is 14.6. The van der Waals surface area contributed by atoms with E-state index in [1.807, 2.05) is 27.7 Å². The lowest BCUT2D eigenvalue weighted by Gasteiger charge is -2.54. The molecule has 0 unspecified atom stereocenters. The van der Waals surface area contributed by atoms with E-state index >= 15 is 0 Å². The second-order valence-electron chi connectivity index (χ2n) is 15.0. The summed E-state index contributed by atoms with van der Waals surface area (Å²) in [6, 6.07) is 3.83. The fraction of sp³-hybridized carbons (Fsp3) is 0.657. The molecule has 1 N–H and O–H groups in total. The SMILES string of the molecule is CC(C)N(C(=O)c1cc(F)ccc1Oc1cncnc1N1CC[C@@H](CN2CC3(CCN(S(=O)(=O)C4CCN(C(=O)O)CC4)CC3)C2)C1)C(C)C. The van der Waals surface area contributed by atoms with E-state index in [0.717, 1.165) is 52.0 Å². The highest BCUT2D eigenvalue weighted by atomic mass is 32.2. The van der Waals surface area contributed by atoms with Crippen LogP contribution in [0.15, 0.2) is 30.7 Å². The summed E-state index contributed by atoms with van der Waals surface area (Å²) in [5, 5.41) is 8.70. The standard InChI is InChI=1S/C35H50FN7O6S/c1-24(2)43(25(3)4)33(44)29-17-27(36)5-6-30(29)49-31-18-37-23-38-32(31)41-12-7-26(20-41)19-39-21-35(22-39)10-15-42(16-11-35)50(47,48)28-8-13-40(14-9-28)34(45)46/h5-6,17-18,23-26,28H,7-16,19-22H2,1-4H3,(H,45,46)/t26-/m0/s1. The highest BCUT2D eigenvalue weighted by molar-refractivity contribution is 7.89. The molecule has 4 aliphatic rings. The highest BCUT2D eigenvalue weighted by Gasteiger charge is 2.48. The van der Waals surface area contributed by atoms with Crippen molar-refractivity contribution in [2.75, 3.05) is 63.8 Å². The first-order chi connectivity index (χ1) is 23.8. The van der Waals surface area contributed by atoms with Crippen LogP contribution >= 0.6 is 0 Å². The number of likely N-dealkylation sites (tertiary alicyclic amines) is 2. The molecule has 0 radical (unpaired) electrons. The van der Waals surface area contributed by atoms with Gasteiger partial charge in [-0.05, 0) is 89.3 Å². The van der Waals surface area contributed by atoms with Gasteiger partial charge in [-0.3, -0.25) is 4.79 Å². The Bertz CT molecular complexity index is 1640. The molecule has 1 atom stereocenters. The molecule has 4 aliphatic heterocycles. The van der Waals surface area contributed by atoms with Gasteiger partial charge in [0.05, 0.1) is 17.0 Å². The molecule has 6 rings (SSSR count). The summed E-state index contributed by atoms with van der Waals surface area (Å²) >= 11 is 0. The average molecular weight is 716 g/mol. The maximum Gasteiger partial charge on any atom is 0.407 e. The summed E-state index contributed by atoms with van der Waals surface area (Å²) in [5.41, 5.74) is 0.299. The molecule has 1 aromatic carbocycles. The maximum absolute atomic E-state index is 14.4. The molecule has 1 spiro atoms. The van der Waals surface area contributed by atoms with Crippen molar-refractivity contribution in [2.45, 2.75) is 77.1 Å². The van der Waals surface area contributed by atoms with E-state index in [2.05, 4.69) is 19.8 Å². The third-order valence-electron chi connectivity index (χ3n) is 10.9. The number of benzene rings is 1. The summed E-state index contributed by atoms with van der Waals surface area (Å²) in [7, 11) is -3.44. The van der Waals surface area contributed by atoms with Gasteiger partial charge in [0.1, 0.15) is 17.9 Å². The van der Waals surface area contributed by atoms with E-state index in [9.17, 15) is 27.5 Å². The summed E-state index contributed by atoms with van der Waals surface area (Å²) < 4.78 is 49.0. The minimum Gasteiger partial charge on any atom is -0.465 e. The normalized spacial score (nSPS) is 21.9. The van der Waals surface area contributed by atoms with E-state index in [4.69, 9.17) is 4.74 Å². The lowest BCUT2D eigenvalue weighted by Crippen LogP contribution is -2.62. The number of anilines is 1. The highest BCUT2D eigenvalue weighted by Crippen LogP contribution is 2.43. The Kier molecular flexibility index (Phi) is 10.6. The predicted octanol–water partition coefficient (Wildman–Crippen LogP) is 4.36. The topological polar surface area (TPSA) is 140 Å². The number of carbonyl (C=O) groups excluding carboxylic acids is 1. The van der Waals surface area contributed by atoms with Crippen molar-refractivity contribution in [3.8, 4) is 11.5 Å². The number of nitrogens with zero attached hydrogens (tertiary/aromatic N) is 7. The number of rotatable bonds is 10. The van der Waals surface area contributed by atoms with Crippen LogP contribution in [0, 0.1) is 17.2 Å². The van der Waals surface area contributed by atoms with E-state index in [-0.39, 0.29) is 47.8 Å². The van der Waals surface area contributed by atoms with E-state index in [1.54, 1.807) is 15.4 Å². The molecule has 4 fully saturated rings. The maximum atomic E-state index is 14.4. The number of aromatic nitrogens is 2. The number of piperidine rings is 2. The van der Waals surface area contributed by atoms with Crippen LogP contribution in [0.1, 0.15) is 70.2 Å². The molecule has 0 aliphatic carbocycles. The molecule has 5 heterocycles. The lowest BCUT2D eigenvalue weighted by molar-refractivity contribution is -0.0408. The Labute approximate surface area is 294 Å². The van der Waals surface area contributed by atoms with Crippen molar-refractivity contribution >= 4 is 27.8 Å². The van der Waals surface area contributed by atoms with Crippen LogP contribution in [-0.2, 0) is 10.0 Å². The van der Waals surface area contributed by atoms with Crippen LogP contribution in [-0.4, -0.2) is 131 Å². The smallest absolute Gasteiger partial charge is 0.407 e. The Morgan fingerprint density at radius 2 is 1.70 bits per heavy atom. The molecule has 2 amide bonds. The minimum absolute atomic E-state index is 0.0808. The number of hydrogen-bond acceptors (Lipinski definition) is 9. The van der Waals surface area contributed by atoms with Crippen molar-refractivity contribution in [2.24, 2.45) is 11.3 Å². The molecule has 15 heteroatoms. The summed E-state index contributed by atoms with van der Waals surface area (Å²) in [4.78, 5) is 41.2. The van der Waals surface area contributed by atoms with Gasteiger partial charge in [0, 0.05) is 71.0 Å². The third-order valence-corrected chi connectivity index (χ3v) is 13.3. The van der Waals surface area contributed by atoms with Gasteiger partial charge < -0.3 is 29.4 Å². The number of carboxylic acid groups (broad SMARTS) is 1. The van der Waals surface area contributed by atoms with Gasteiger partial charge in [0.25, 0.3) is 5.91 Å². The van der Waals surface area contributed by atoms with E-state index in [1.165, 1.54) is 29.4 Å². The van der Waals surface area contributed by atoms with Crippen LogP contribution in [0.2, 0.25) is 0 Å². The van der Waals surface area contributed by atoms with Gasteiger partial charge in [0.2, 0.25) is 10.0 Å². The quantitative estimate of drug-likeness (QED) is 0.378. The second-order valence-corrected chi connectivity index (χ2v) is 17.2.